The van der Waals surface area contributed by atoms with Crippen LogP contribution in [0.2, 0.25) is 0 Å². The van der Waals surface area contributed by atoms with Crippen LogP contribution in [0.3, 0.4) is 0 Å². The molecule has 3 aromatic carbocycles. The Bertz CT molecular complexity index is 1570. The Kier molecular flexibility index (Phi) is 5.18. The number of imidazole rings is 1. The van der Waals surface area contributed by atoms with Crippen molar-refractivity contribution in [3.05, 3.63) is 89.4 Å². The summed E-state index contributed by atoms with van der Waals surface area (Å²) in [5.74, 6) is 0.294. The van der Waals surface area contributed by atoms with Crippen LogP contribution in [0, 0.1) is 13.8 Å². The predicted molar refractivity (Wildman–Crippen MR) is 134 cm³/mol. The van der Waals surface area contributed by atoms with Gasteiger partial charge in [-0.15, -0.1) is 0 Å². The van der Waals surface area contributed by atoms with Crippen molar-refractivity contribution in [1.82, 2.24) is 15.0 Å². The third-order valence-electron chi connectivity index (χ3n) is 5.50. The molecule has 168 valence electrons. The van der Waals surface area contributed by atoms with Crippen LogP contribution in [-0.4, -0.2) is 26.8 Å². The predicted octanol–water partition coefficient (Wildman–Crippen LogP) is 4.81. The number of pyridine rings is 1. The number of aryl methyl sites for hydroxylation is 2. The molecule has 0 unspecified atom stereocenters. The number of hydrogen-bond donors (Lipinski definition) is 4. The van der Waals surface area contributed by atoms with Crippen LogP contribution < -0.4 is 16.4 Å². The minimum absolute atomic E-state index is 0.239. The molecule has 0 fully saturated rings. The van der Waals surface area contributed by atoms with Crippen LogP contribution in [0.5, 0.6) is 0 Å². The van der Waals surface area contributed by atoms with Gasteiger partial charge in [-0.05, 0) is 80.6 Å². The number of nitrogens with one attached hydrogen (secondary N) is 3. The number of anilines is 3. The Morgan fingerprint density at radius 2 is 1.38 bits per heavy atom. The fraction of sp³-hybridized carbons (Fsp3) is 0.0769. The van der Waals surface area contributed by atoms with Crippen LogP contribution in [0.15, 0.2) is 66.7 Å². The zero-order valence-corrected chi connectivity index (χ0v) is 18.6. The number of carbonyl (C=O) groups is 2. The summed E-state index contributed by atoms with van der Waals surface area (Å²) in [6.07, 6.45) is 0. The normalized spacial score (nSPS) is 11.0. The molecule has 0 aliphatic rings. The molecule has 5 N–H and O–H groups in total. The second-order valence-electron chi connectivity index (χ2n) is 8.12. The van der Waals surface area contributed by atoms with E-state index in [2.05, 4.69) is 25.6 Å². The lowest BCUT2D eigenvalue weighted by Gasteiger charge is -2.09. The molecule has 5 aromatic rings. The lowest BCUT2D eigenvalue weighted by atomic mass is 10.1. The minimum Gasteiger partial charge on any atom is -0.398 e. The molecule has 2 aromatic heterocycles. The van der Waals surface area contributed by atoms with Gasteiger partial charge < -0.3 is 21.4 Å². The topological polar surface area (TPSA) is 126 Å². The number of carbonyl (C=O) groups excluding carboxylic acids is 2. The zero-order chi connectivity index (χ0) is 23.8. The van der Waals surface area contributed by atoms with Crippen molar-refractivity contribution in [2.75, 3.05) is 16.4 Å². The molecule has 0 aliphatic heterocycles. The first kappa shape index (κ1) is 21.1. The number of aromatic amines is 1. The molecule has 0 saturated carbocycles. The second kappa shape index (κ2) is 8.32. The number of amides is 2. The summed E-state index contributed by atoms with van der Waals surface area (Å²) >= 11 is 0. The fourth-order valence-electron chi connectivity index (χ4n) is 3.85. The Hall–Kier alpha value is -4.72. The number of fused-ring (bicyclic) bond motifs is 2. The molecule has 8 heteroatoms. The summed E-state index contributed by atoms with van der Waals surface area (Å²) in [5.41, 5.74) is 12.1. The van der Waals surface area contributed by atoms with Crippen molar-refractivity contribution < 1.29 is 9.59 Å². The van der Waals surface area contributed by atoms with Crippen LogP contribution in [0.4, 0.5) is 17.1 Å². The summed E-state index contributed by atoms with van der Waals surface area (Å²) in [6.45, 7) is 3.74. The van der Waals surface area contributed by atoms with E-state index in [-0.39, 0.29) is 11.8 Å². The first-order chi connectivity index (χ1) is 16.4. The van der Waals surface area contributed by atoms with Gasteiger partial charge in [0, 0.05) is 39.3 Å². The van der Waals surface area contributed by atoms with Crippen molar-refractivity contribution in [1.29, 1.82) is 0 Å². The number of aromatic nitrogens is 3. The smallest absolute Gasteiger partial charge is 0.255 e. The van der Waals surface area contributed by atoms with E-state index in [1.807, 2.05) is 19.9 Å². The van der Waals surface area contributed by atoms with Gasteiger partial charge in [0.05, 0.1) is 16.6 Å². The van der Waals surface area contributed by atoms with Crippen LogP contribution in [0.25, 0.3) is 21.9 Å². The van der Waals surface area contributed by atoms with E-state index in [0.717, 1.165) is 33.5 Å². The average molecular weight is 451 g/mol. The minimum atomic E-state index is -0.263. The van der Waals surface area contributed by atoms with Gasteiger partial charge in [0.25, 0.3) is 11.8 Å². The summed E-state index contributed by atoms with van der Waals surface area (Å²) in [5, 5.41) is 6.46. The van der Waals surface area contributed by atoms with Gasteiger partial charge in [-0.3, -0.25) is 14.6 Å². The molecule has 2 heterocycles. The molecular formula is C26H22N6O2. The molecule has 5 rings (SSSR count). The molecule has 0 aliphatic carbocycles. The highest BCUT2D eigenvalue weighted by molar-refractivity contribution is 6.08. The Labute approximate surface area is 195 Å². The average Bonchev–Trinajstić information content (AvgIpc) is 3.19. The first-order valence-corrected chi connectivity index (χ1v) is 10.7. The van der Waals surface area contributed by atoms with Gasteiger partial charge in [0.2, 0.25) is 0 Å². The standard InChI is InChI=1S/C26H22N6O2/c1-14-11-21(27)20-12-16(3-9-22(20)28-14)25(33)31-18-5-7-19(8-6-18)32-26(34)17-4-10-23-24(13-17)30-15(2)29-23/h3-13H,1-2H3,(H2,27,28)(H,29,30)(H,31,33)(H,32,34). The van der Waals surface area contributed by atoms with E-state index in [0.29, 0.717) is 28.2 Å². The third-order valence-corrected chi connectivity index (χ3v) is 5.50. The van der Waals surface area contributed by atoms with Gasteiger partial charge >= 0.3 is 0 Å². The maximum Gasteiger partial charge on any atom is 0.255 e. The molecule has 2 amide bonds. The van der Waals surface area contributed by atoms with E-state index in [1.54, 1.807) is 60.7 Å². The quantitative estimate of drug-likeness (QED) is 0.312. The van der Waals surface area contributed by atoms with Crippen LogP contribution in [0.1, 0.15) is 32.2 Å². The van der Waals surface area contributed by atoms with Crippen molar-refractivity contribution in [3.8, 4) is 0 Å². The number of nitrogen functional groups attached to an aromatic ring is 1. The van der Waals surface area contributed by atoms with E-state index in [9.17, 15) is 9.59 Å². The lowest BCUT2D eigenvalue weighted by Crippen LogP contribution is -2.13. The number of rotatable bonds is 4. The zero-order valence-electron chi connectivity index (χ0n) is 18.6. The Balaban J connectivity index is 1.27. The van der Waals surface area contributed by atoms with Crippen molar-refractivity contribution in [2.24, 2.45) is 0 Å². The Morgan fingerprint density at radius 3 is 2.06 bits per heavy atom. The molecule has 0 radical (unpaired) electrons. The highest BCUT2D eigenvalue weighted by Crippen LogP contribution is 2.23. The molecule has 0 atom stereocenters. The summed E-state index contributed by atoms with van der Waals surface area (Å²) < 4.78 is 0. The third kappa shape index (κ3) is 4.16. The fourth-order valence-corrected chi connectivity index (χ4v) is 3.85. The van der Waals surface area contributed by atoms with E-state index < -0.39 is 0 Å². The number of benzene rings is 3. The van der Waals surface area contributed by atoms with E-state index in [1.165, 1.54) is 0 Å². The highest BCUT2D eigenvalue weighted by Gasteiger charge is 2.11. The molecule has 34 heavy (non-hydrogen) atoms. The lowest BCUT2D eigenvalue weighted by molar-refractivity contribution is 0.101. The maximum absolute atomic E-state index is 12.7. The van der Waals surface area contributed by atoms with Crippen molar-refractivity contribution >= 4 is 50.8 Å². The monoisotopic (exact) mass is 450 g/mol. The molecule has 0 saturated heterocycles. The first-order valence-electron chi connectivity index (χ1n) is 10.7. The van der Waals surface area contributed by atoms with Crippen molar-refractivity contribution in [3.63, 3.8) is 0 Å². The number of nitrogens with two attached hydrogens (primary N) is 1. The number of hydrogen-bond acceptors (Lipinski definition) is 5. The summed E-state index contributed by atoms with van der Waals surface area (Å²) in [7, 11) is 0. The maximum atomic E-state index is 12.7. The largest absolute Gasteiger partial charge is 0.398 e. The van der Waals surface area contributed by atoms with Crippen LogP contribution >= 0.6 is 0 Å². The highest BCUT2D eigenvalue weighted by atomic mass is 16.2. The van der Waals surface area contributed by atoms with Gasteiger partial charge in [0.15, 0.2) is 0 Å². The molecule has 8 nitrogen and oxygen atoms in total. The second-order valence-corrected chi connectivity index (χ2v) is 8.12. The Morgan fingerprint density at radius 1 is 0.765 bits per heavy atom. The van der Waals surface area contributed by atoms with E-state index >= 15 is 0 Å². The van der Waals surface area contributed by atoms with Gasteiger partial charge in [-0.2, -0.15) is 0 Å². The van der Waals surface area contributed by atoms with Gasteiger partial charge in [-0.25, -0.2) is 4.98 Å². The van der Waals surface area contributed by atoms with E-state index in [4.69, 9.17) is 5.73 Å². The SMILES string of the molecule is Cc1cc(N)c2cc(C(=O)Nc3ccc(NC(=O)c4ccc5[nH]c(C)nc5c4)cc3)ccc2n1. The molecular weight excluding hydrogens is 428 g/mol. The summed E-state index contributed by atoms with van der Waals surface area (Å²) in [6, 6.07) is 19.3. The van der Waals surface area contributed by atoms with Crippen LogP contribution in [-0.2, 0) is 0 Å². The number of H-pyrrole nitrogens is 1. The van der Waals surface area contributed by atoms with Gasteiger partial charge in [0.1, 0.15) is 5.82 Å². The molecule has 0 spiro atoms. The van der Waals surface area contributed by atoms with Gasteiger partial charge in [-0.1, -0.05) is 0 Å². The number of nitrogens with zero attached hydrogens (tertiary/aromatic N) is 2. The van der Waals surface area contributed by atoms with Crippen molar-refractivity contribution in [2.45, 2.75) is 13.8 Å². The summed E-state index contributed by atoms with van der Waals surface area (Å²) in [4.78, 5) is 37.3. The molecule has 0 bridgehead atoms.